The molecule has 0 aromatic heterocycles. The van der Waals surface area contributed by atoms with E-state index in [9.17, 15) is 9.59 Å². The van der Waals surface area contributed by atoms with Crippen LogP contribution in [0, 0.1) is 0 Å². The fourth-order valence-corrected chi connectivity index (χ4v) is 10.3. The molecule has 0 aliphatic heterocycles. The van der Waals surface area contributed by atoms with Crippen molar-refractivity contribution in [2.75, 3.05) is 79.0 Å². The summed E-state index contributed by atoms with van der Waals surface area (Å²) in [7, 11) is 12.9. The van der Waals surface area contributed by atoms with E-state index in [0.717, 1.165) is 46.4 Å². The Bertz CT molecular complexity index is 846. The normalized spacial score (nSPS) is 12.0. The van der Waals surface area contributed by atoms with E-state index in [4.69, 9.17) is 0 Å². The van der Waals surface area contributed by atoms with E-state index in [0.29, 0.717) is 25.9 Å². The number of quaternary nitrogens is 2. The number of carbonyl (C=O) groups excluding carboxylic acids is 2. The molecule has 2 amide bonds. The van der Waals surface area contributed by atoms with E-state index in [-0.39, 0.29) is 11.8 Å². The van der Waals surface area contributed by atoms with Crippen LogP contribution in [0.2, 0.25) is 0 Å². The second kappa shape index (κ2) is 45.1. The summed E-state index contributed by atoms with van der Waals surface area (Å²) in [6, 6.07) is 0. The highest BCUT2D eigenvalue weighted by molar-refractivity contribution is 8.76. The summed E-state index contributed by atoms with van der Waals surface area (Å²) in [5.74, 6) is 2.17. The zero-order chi connectivity index (χ0) is 44.1. The third-order valence-corrected chi connectivity index (χ3v) is 15.1. The van der Waals surface area contributed by atoms with E-state index in [1.54, 1.807) is 21.6 Å². The lowest BCUT2D eigenvalue weighted by Crippen LogP contribution is -2.41. The first-order valence-corrected chi connectivity index (χ1v) is 29.0. The number of hydrogen-bond donors (Lipinski definition) is 2. The van der Waals surface area contributed by atoms with Gasteiger partial charge in [-0.25, -0.2) is 0 Å². The van der Waals surface area contributed by atoms with Gasteiger partial charge in [-0.15, -0.1) is 0 Å². The molecule has 0 heterocycles. The van der Waals surface area contributed by atoms with E-state index in [1.807, 2.05) is 0 Å². The van der Waals surface area contributed by atoms with Crippen molar-refractivity contribution in [3.8, 4) is 0 Å². The second-order valence-electron chi connectivity index (χ2n) is 19.9. The fourth-order valence-electron chi connectivity index (χ4n) is 8.49. The lowest BCUT2D eigenvalue weighted by Gasteiger charge is -2.29. The highest BCUT2D eigenvalue weighted by Crippen LogP contribution is 2.20. The maximum atomic E-state index is 12.4. The van der Waals surface area contributed by atoms with Gasteiger partial charge in [0.05, 0.1) is 54.4 Å². The second-order valence-corrected chi connectivity index (χ2v) is 22.6. The maximum absolute atomic E-state index is 12.4. The number of nitrogens with zero attached hydrogens (tertiary/aromatic N) is 2. The lowest BCUT2D eigenvalue weighted by molar-refractivity contribution is -0.890. The average Bonchev–Trinajstić information content (AvgIpc) is 3.21. The fraction of sp³-hybridized carbons (Fsp3) is 0.962. The van der Waals surface area contributed by atoms with E-state index < -0.39 is 0 Å². The summed E-state index contributed by atoms with van der Waals surface area (Å²) in [6.45, 7) is 10.6. The van der Waals surface area contributed by atoms with Gasteiger partial charge in [-0.2, -0.15) is 0 Å². The van der Waals surface area contributed by atoms with Crippen LogP contribution >= 0.6 is 21.6 Å². The molecule has 6 nitrogen and oxygen atoms in total. The predicted octanol–water partition coefficient (Wildman–Crippen LogP) is 14.8. The summed E-state index contributed by atoms with van der Waals surface area (Å²) in [6.07, 6.45) is 48.4. The summed E-state index contributed by atoms with van der Waals surface area (Å²) in [5, 5.41) is 6.21. The molecule has 0 rings (SSSR count). The zero-order valence-corrected chi connectivity index (χ0v) is 43.3. The highest BCUT2D eigenvalue weighted by atomic mass is 33.1. The van der Waals surface area contributed by atoms with Crippen LogP contribution in [0.25, 0.3) is 0 Å². The Labute approximate surface area is 384 Å². The average molecular weight is 886 g/mol. The molecule has 0 radical (unpaired) electrons. The van der Waals surface area contributed by atoms with Crippen molar-refractivity contribution in [1.29, 1.82) is 0 Å². The molecule has 0 aromatic rings. The van der Waals surface area contributed by atoms with Gasteiger partial charge >= 0.3 is 0 Å². The van der Waals surface area contributed by atoms with Gasteiger partial charge < -0.3 is 19.6 Å². The van der Waals surface area contributed by atoms with Crippen LogP contribution < -0.4 is 10.6 Å². The largest absolute Gasteiger partial charge is 0.355 e. The molecule has 8 heteroatoms. The van der Waals surface area contributed by atoms with Crippen molar-refractivity contribution >= 4 is 33.4 Å². The molecular weight excluding hydrogens is 777 g/mol. The molecule has 0 aliphatic carbocycles. The van der Waals surface area contributed by atoms with Crippen LogP contribution in [0.5, 0.6) is 0 Å². The van der Waals surface area contributed by atoms with Crippen LogP contribution in [0.15, 0.2) is 0 Å². The molecule has 0 atom stereocenters. The zero-order valence-electron chi connectivity index (χ0n) is 41.6. The maximum Gasteiger partial charge on any atom is 0.220 e. The van der Waals surface area contributed by atoms with E-state index in [1.165, 1.54) is 219 Å². The third kappa shape index (κ3) is 47.0. The minimum atomic E-state index is 0.182. The number of amides is 2. The third-order valence-electron chi connectivity index (χ3n) is 12.7. The van der Waals surface area contributed by atoms with Crippen LogP contribution in [-0.4, -0.2) is 99.7 Å². The summed E-state index contributed by atoms with van der Waals surface area (Å²) in [4.78, 5) is 24.8. The van der Waals surface area contributed by atoms with Gasteiger partial charge in [0.1, 0.15) is 0 Å². The van der Waals surface area contributed by atoms with Crippen molar-refractivity contribution in [2.24, 2.45) is 0 Å². The van der Waals surface area contributed by atoms with Crippen molar-refractivity contribution in [2.45, 2.75) is 245 Å². The molecule has 0 unspecified atom stereocenters. The van der Waals surface area contributed by atoms with Gasteiger partial charge in [-0.3, -0.25) is 9.59 Å². The molecule has 0 saturated carbocycles. The molecule has 0 saturated heterocycles. The lowest BCUT2D eigenvalue weighted by atomic mass is 10.0. The van der Waals surface area contributed by atoms with Crippen LogP contribution in [0.1, 0.15) is 245 Å². The standard InChI is InChI=1S/C52H106N4O2S2/c1-7-9-11-13-15-17-19-21-23-25-27-29-31-33-35-37-45-55(3,4)47-39-41-51(57)53-43-49-59-60-50-44-54-52(58)42-40-48-56(5,6)46-38-36-34-32-30-28-26-24-22-20-18-16-14-12-10-8-2/h7-50H2,1-6H3/p+2. The predicted molar refractivity (Wildman–Crippen MR) is 272 cm³/mol. The quantitative estimate of drug-likeness (QED) is 0.0363. The van der Waals surface area contributed by atoms with Crippen molar-refractivity contribution in [3.05, 3.63) is 0 Å². The molecule has 358 valence electrons. The van der Waals surface area contributed by atoms with Crippen molar-refractivity contribution in [3.63, 3.8) is 0 Å². The van der Waals surface area contributed by atoms with Crippen LogP contribution in [0.3, 0.4) is 0 Å². The Morgan fingerprint density at radius 3 is 0.800 bits per heavy atom. The number of rotatable bonds is 49. The molecular formula is C52H108N4O2S2+2. The number of unbranched alkanes of at least 4 members (excludes halogenated alkanes) is 30. The van der Waals surface area contributed by atoms with Gasteiger partial charge in [-0.05, 0) is 25.7 Å². The summed E-state index contributed by atoms with van der Waals surface area (Å²) < 4.78 is 2.04. The Morgan fingerprint density at radius 1 is 0.333 bits per heavy atom. The first-order chi connectivity index (χ1) is 29.1. The molecule has 0 spiro atoms. The summed E-state index contributed by atoms with van der Waals surface area (Å²) in [5.41, 5.74) is 0. The SMILES string of the molecule is CCCCCCCCCCCCCCCCCC[N+](C)(C)CCCC(=O)NCCSSCCNC(=O)CCC[N+](C)(C)CCCCCCCCCCCCCCCCCC. The number of carbonyl (C=O) groups is 2. The molecule has 0 fully saturated rings. The summed E-state index contributed by atoms with van der Waals surface area (Å²) >= 11 is 0. The first kappa shape index (κ1) is 59.6. The van der Waals surface area contributed by atoms with Gasteiger partial charge in [0.2, 0.25) is 11.8 Å². The van der Waals surface area contributed by atoms with Gasteiger partial charge in [0.25, 0.3) is 0 Å². The van der Waals surface area contributed by atoms with Crippen LogP contribution in [0.4, 0.5) is 0 Å². The van der Waals surface area contributed by atoms with Gasteiger partial charge in [0.15, 0.2) is 0 Å². The molecule has 0 aromatic carbocycles. The van der Waals surface area contributed by atoms with E-state index in [2.05, 4.69) is 52.7 Å². The first-order valence-electron chi connectivity index (χ1n) is 26.5. The topological polar surface area (TPSA) is 58.2 Å². The Hall–Kier alpha value is -0.440. The van der Waals surface area contributed by atoms with Crippen molar-refractivity contribution < 1.29 is 18.6 Å². The minimum Gasteiger partial charge on any atom is -0.355 e. The Balaban J connectivity index is 3.54. The van der Waals surface area contributed by atoms with Crippen molar-refractivity contribution in [1.82, 2.24) is 10.6 Å². The Morgan fingerprint density at radius 2 is 0.550 bits per heavy atom. The number of hydrogen-bond acceptors (Lipinski definition) is 4. The molecule has 0 aliphatic rings. The highest BCUT2D eigenvalue weighted by Gasteiger charge is 2.16. The van der Waals surface area contributed by atoms with Gasteiger partial charge in [-0.1, -0.05) is 215 Å². The Kier molecular flexibility index (Phi) is 44.8. The molecule has 0 bridgehead atoms. The van der Waals surface area contributed by atoms with E-state index >= 15 is 0 Å². The monoisotopic (exact) mass is 885 g/mol. The smallest absolute Gasteiger partial charge is 0.220 e. The number of nitrogens with one attached hydrogen (secondary N) is 2. The molecule has 60 heavy (non-hydrogen) atoms. The van der Waals surface area contributed by atoms with Gasteiger partial charge in [0, 0.05) is 50.3 Å². The molecule has 2 N–H and O–H groups in total. The van der Waals surface area contributed by atoms with Crippen LogP contribution in [-0.2, 0) is 9.59 Å². The minimum absolute atomic E-state index is 0.182.